The van der Waals surface area contributed by atoms with Crippen molar-refractivity contribution in [3.63, 3.8) is 0 Å². The molecule has 0 aliphatic heterocycles. The molecule has 1 heterocycles. The van der Waals surface area contributed by atoms with Gasteiger partial charge in [-0.05, 0) is 87.7 Å². The third-order valence-electron chi connectivity index (χ3n) is 10.8. The number of benzene rings is 5. The normalized spacial score (nSPS) is 12.1. The predicted molar refractivity (Wildman–Crippen MR) is 246 cm³/mol. The second-order valence-corrected chi connectivity index (χ2v) is 15.8. The minimum absolute atomic E-state index is 0.0672. The van der Waals surface area contributed by atoms with Crippen LogP contribution in [0.15, 0.2) is 116 Å². The zero-order valence-electron chi connectivity index (χ0n) is 35.5. The van der Waals surface area contributed by atoms with Crippen LogP contribution in [-0.4, -0.2) is 69.7 Å². The minimum Gasteiger partial charge on any atom is -0.488 e. The number of hydrogen-bond acceptors (Lipinski definition) is 10. The number of aromatic nitrogens is 1. The highest BCUT2D eigenvalue weighted by Crippen LogP contribution is 2.38. The van der Waals surface area contributed by atoms with Crippen molar-refractivity contribution in [1.29, 1.82) is 0 Å². The van der Waals surface area contributed by atoms with Crippen LogP contribution in [0.2, 0.25) is 5.02 Å². The Labute approximate surface area is 372 Å². The number of nitrogens with one attached hydrogen (secondary N) is 3. The Kier molecular flexibility index (Phi) is 16.3. The van der Waals surface area contributed by atoms with Crippen LogP contribution in [0.25, 0.3) is 33.4 Å². The summed E-state index contributed by atoms with van der Waals surface area (Å²) < 4.78 is 12.7. The summed E-state index contributed by atoms with van der Waals surface area (Å²) in [4.78, 5) is 26.4. The number of halogens is 1. The van der Waals surface area contributed by atoms with Gasteiger partial charge >= 0.3 is 11.9 Å². The number of rotatable bonds is 22. The summed E-state index contributed by atoms with van der Waals surface area (Å²) >= 11 is 6.83. The Morgan fingerprint density at radius 2 is 1.27 bits per heavy atom. The van der Waals surface area contributed by atoms with Gasteiger partial charge in [0.1, 0.15) is 24.7 Å². The molecule has 63 heavy (non-hydrogen) atoms. The maximum Gasteiger partial charge on any atom is 0.306 e. The van der Waals surface area contributed by atoms with Gasteiger partial charge in [0.15, 0.2) is 0 Å². The van der Waals surface area contributed by atoms with E-state index >= 15 is 0 Å². The molecule has 7 N–H and O–H groups in total. The summed E-state index contributed by atoms with van der Waals surface area (Å²) in [6.07, 6.45) is 0.709. The molecular formula is C50H53ClN4O8. The third kappa shape index (κ3) is 12.7. The fourth-order valence-corrected chi connectivity index (χ4v) is 7.67. The first kappa shape index (κ1) is 46.2. The monoisotopic (exact) mass is 872 g/mol. The van der Waals surface area contributed by atoms with Crippen LogP contribution < -0.4 is 25.4 Å². The van der Waals surface area contributed by atoms with Crippen molar-refractivity contribution >= 4 is 29.2 Å². The molecule has 1 aromatic heterocycles. The van der Waals surface area contributed by atoms with E-state index in [4.69, 9.17) is 31.3 Å². The Bertz CT molecular complexity index is 2520. The zero-order valence-corrected chi connectivity index (χ0v) is 36.3. The fraction of sp³-hybridized carbons (Fsp3) is 0.260. The van der Waals surface area contributed by atoms with Crippen LogP contribution in [-0.2, 0) is 35.9 Å². The molecule has 0 aliphatic carbocycles. The van der Waals surface area contributed by atoms with Gasteiger partial charge in [-0.15, -0.1) is 0 Å². The average molecular weight is 873 g/mol. The highest BCUT2D eigenvalue weighted by molar-refractivity contribution is 6.32. The Morgan fingerprint density at radius 3 is 1.95 bits per heavy atom. The van der Waals surface area contributed by atoms with Crippen molar-refractivity contribution in [2.24, 2.45) is 0 Å². The SMILES string of the molecule is CNc1cncc(COc2cc(OCc3cccc(-c4cccc(-c5ccc(CNC[C@@H](O)CC(=O)O)c(-c6ccccc6)c5)c4C)c3C)c(Cl)cc2CNC[C@@H](O)CC(=O)O)c1. The topological polar surface area (TPSA) is 182 Å². The van der Waals surface area contributed by atoms with Crippen molar-refractivity contribution in [1.82, 2.24) is 15.6 Å². The molecule has 0 unspecified atom stereocenters. The number of aliphatic carboxylic acids is 2. The molecule has 0 spiro atoms. The Morgan fingerprint density at radius 1 is 0.635 bits per heavy atom. The number of ether oxygens (including phenoxy) is 2. The smallest absolute Gasteiger partial charge is 0.306 e. The quantitative estimate of drug-likeness (QED) is 0.0347. The highest BCUT2D eigenvalue weighted by atomic mass is 35.5. The Balaban J connectivity index is 1.23. The number of nitrogens with zero attached hydrogens (tertiary/aromatic N) is 1. The third-order valence-corrected chi connectivity index (χ3v) is 11.1. The zero-order chi connectivity index (χ0) is 44.9. The number of anilines is 1. The second kappa shape index (κ2) is 22.2. The number of aliphatic hydroxyl groups excluding tert-OH is 2. The van der Waals surface area contributed by atoms with Gasteiger partial charge in [-0.1, -0.05) is 90.5 Å². The van der Waals surface area contributed by atoms with Crippen molar-refractivity contribution in [3.8, 4) is 44.9 Å². The molecule has 0 fully saturated rings. The lowest BCUT2D eigenvalue weighted by atomic mass is 9.88. The average Bonchev–Trinajstić information content (AvgIpc) is 3.26. The van der Waals surface area contributed by atoms with Crippen molar-refractivity contribution in [3.05, 3.63) is 154 Å². The van der Waals surface area contributed by atoms with Crippen LogP contribution >= 0.6 is 11.6 Å². The fourth-order valence-electron chi connectivity index (χ4n) is 7.43. The van der Waals surface area contributed by atoms with E-state index < -0.39 is 24.1 Å². The molecule has 328 valence electrons. The van der Waals surface area contributed by atoms with E-state index in [1.807, 2.05) is 43.4 Å². The van der Waals surface area contributed by atoms with Gasteiger partial charge in [0.2, 0.25) is 0 Å². The summed E-state index contributed by atoms with van der Waals surface area (Å²) in [5.41, 5.74) is 12.9. The first-order valence-electron chi connectivity index (χ1n) is 20.7. The molecule has 6 rings (SSSR count). The lowest BCUT2D eigenvalue weighted by Gasteiger charge is -2.19. The number of hydrogen-bond donors (Lipinski definition) is 7. The summed E-state index contributed by atoms with van der Waals surface area (Å²) in [6, 6.07) is 34.4. The van der Waals surface area contributed by atoms with Gasteiger partial charge in [0.05, 0.1) is 35.8 Å². The maximum absolute atomic E-state index is 11.1. The second-order valence-electron chi connectivity index (χ2n) is 15.4. The molecule has 0 bridgehead atoms. The van der Waals surface area contributed by atoms with E-state index in [2.05, 4.69) is 89.4 Å². The van der Waals surface area contributed by atoms with E-state index in [0.717, 1.165) is 66.9 Å². The molecule has 0 saturated heterocycles. The van der Waals surface area contributed by atoms with Gasteiger partial charge < -0.3 is 45.9 Å². The molecule has 0 radical (unpaired) electrons. The number of carboxylic acids is 2. The first-order valence-corrected chi connectivity index (χ1v) is 21.1. The van der Waals surface area contributed by atoms with Gasteiger partial charge in [-0.3, -0.25) is 14.6 Å². The van der Waals surface area contributed by atoms with E-state index in [1.165, 1.54) is 0 Å². The molecule has 6 aromatic rings. The van der Waals surface area contributed by atoms with Crippen molar-refractivity contribution in [2.75, 3.05) is 25.5 Å². The molecule has 0 saturated carbocycles. The van der Waals surface area contributed by atoms with E-state index in [0.29, 0.717) is 28.6 Å². The van der Waals surface area contributed by atoms with Gasteiger partial charge in [-0.25, -0.2) is 0 Å². The van der Waals surface area contributed by atoms with Crippen LogP contribution in [0, 0.1) is 13.8 Å². The standard InChI is InChI=1S/C50H53ClN4O8/c1-31-37(30-63-48-22-47(62-29-33-17-39(52-3)26-53-23-33)38(19-46(48)51)25-55-28-41(57)21-50(60)61)11-7-13-43(31)44-14-8-12-42(32(44)2)35-15-16-36(24-54-27-40(56)20-49(58)59)45(18-35)34-9-5-4-6-10-34/h4-19,22-23,26,40-41,52,54-57H,20-21,24-25,27-30H2,1-3H3,(H,58,59)(H,60,61)/t40-,41-/m0/s1. The molecular weight excluding hydrogens is 820 g/mol. The van der Waals surface area contributed by atoms with E-state index in [1.54, 1.807) is 24.5 Å². The molecule has 5 aromatic carbocycles. The predicted octanol–water partition coefficient (Wildman–Crippen LogP) is 8.40. The largest absolute Gasteiger partial charge is 0.488 e. The maximum atomic E-state index is 11.1. The minimum atomic E-state index is -1.08. The van der Waals surface area contributed by atoms with Crippen LogP contribution in [0.3, 0.4) is 0 Å². The number of carboxylic acid groups (broad SMARTS) is 2. The molecule has 2 atom stereocenters. The number of pyridine rings is 1. The molecule has 0 aliphatic rings. The molecule has 13 heteroatoms. The lowest BCUT2D eigenvalue weighted by molar-refractivity contribution is -0.140. The lowest BCUT2D eigenvalue weighted by Crippen LogP contribution is -2.28. The number of carbonyl (C=O) groups is 2. The first-order chi connectivity index (χ1) is 30.4. The summed E-state index contributed by atoms with van der Waals surface area (Å²) in [6.45, 7) is 5.61. The van der Waals surface area contributed by atoms with E-state index in [-0.39, 0.29) is 45.7 Å². The number of aliphatic hydroxyl groups is 2. The Hall–Kier alpha value is -6.28. The van der Waals surface area contributed by atoms with Crippen molar-refractivity contribution < 1.29 is 39.5 Å². The molecule has 0 amide bonds. The van der Waals surface area contributed by atoms with Crippen LogP contribution in [0.5, 0.6) is 11.5 Å². The van der Waals surface area contributed by atoms with Gasteiger partial charge in [-0.2, -0.15) is 0 Å². The highest BCUT2D eigenvalue weighted by Gasteiger charge is 2.18. The van der Waals surface area contributed by atoms with E-state index in [9.17, 15) is 19.8 Å². The van der Waals surface area contributed by atoms with Gasteiger partial charge in [0, 0.05) is 62.8 Å². The van der Waals surface area contributed by atoms with Crippen LogP contribution in [0.1, 0.15) is 46.2 Å². The summed E-state index contributed by atoms with van der Waals surface area (Å²) in [5.74, 6) is -1.18. The summed E-state index contributed by atoms with van der Waals surface area (Å²) in [5, 5.41) is 48.1. The molecule has 12 nitrogen and oxygen atoms in total. The summed E-state index contributed by atoms with van der Waals surface area (Å²) in [7, 11) is 1.82. The van der Waals surface area contributed by atoms with Crippen molar-refractivity contribution in [2.45, 2.75) is 65.2 Å². The van der Waals surface area contributed by atoms with Crippen LogP contribution in [0.4, 0.5) is 5.69 Å². The van der Waals surface area contributed by atoms with Gasteiger partial charge in [0.25, 0.3) is 0 Å².